The van der Waals surface area contributed by atoms with Crippen molar-refractivity contribution in [3.05, 3.63) is 34.9 Å². The summed E-state index contributed by atoms with van der Waals surface area (Å²) in [5.74, 6) is 0. The maximum absolute atomic E-state index is 9.20. The summed E-state index contributed by atoms with van der Waals surface area (Å²) >= 11 is 5.76. The average Bonchev–Trinajstić information content (AvgIpc) is 2.03. The zero-order valence-electron chi connectivity index (χ0n) is 6.87. The third kappa shape index (κ3) is 2.21. The van der Waals surface area contributed by atoms with Gasteiger partial charge in [0.15, 0.2) is 0 Å². The minimum Gasteiger partial charge on any atom is -0.391 e. The van der Waals surface area contributed by atoms with Crippen molar-refractivity contribution in [2.45, 2.75) is 19.1 Å². The van der Waals surface area contributed by atoms with E-state index in [1.165, 1.54) is 0 Å². The van der Waals surface area contributed by atoms with Crippen LogP contribution in [0.15, 0.2) is 24.3 Å². The van der Waals surface area contributed by atoms with E-state index >= 15 is 0 Å². The van der Waals surface area contributed by atoms with Crippen LogP contribution in [0, 0.1) is 0 Å². The molecule has 3 heteroatoms. The molecule has 0 heterocycles. The largest absolute Gasteiger partial charge is 0.391 e. The number of hydrogen-bond acceptors (Lipinski definition) is 2. The molecule has 0 saturated heterocycles. The number of aliphatic hydroxyl groups excluding tert-OH is 1. The van der Waals surface area contributed by atoms with Gasteiger partial charge in [-0.2, -0.15) is 0 Å². The summed E-state index contributed by atoms with van der Waals surface area (Å²) in [6.45, 7) is 1.66. The monoisotopic (exact) mass is 185 g/mol. The summed E-state index contributed by atoms with van der Waals surface area (Å²) in [5, 5.41) is 9.84. The molecule has 1 aromatic carbocycles. The lowest BCUT2D eigenvalue weighted by molar-refractivity contribution is 0.164. The second kappa shape index (κ2) is 3.90. The fraction of sp³-hybridized carbons (Fsp3) is 0.333. The molecule has 2 nitrogen and oxygen atoms in total. The summed E-state index contributed by atoms with van der Waals surface area (Å²) < 4.78 is 0. The Balaban J connectivity index is 2.88. The molecule has 0 amide bonds. The summed E-state index contributed by atoms with van der Waals surface area (Å²) in [6, 6.07) is 6.85. The van der Waals surface area contributed by atoms with Gasteiger partial charge in [-0.25, -0.2) is 0 Å². The smallest absolute Gasteiger partial charge is 0.0704 e. The topological polar surface area (TPSA) is 46.2 Å². The van der Waals surface area contributed by atoms with Gasteiger partial charge in [-0.05, 0) is 24.6 Å². The van der Waals surface area contributed by atoms with Gasteiger partial charge in [0.2, 0.25) is 0 Å². The van der Waals surface area contributed by atoms with Gasteiger partial charge in [-0.3, -0.25) is 0 Å². The summed E-state index contributed by atoms with van der Waals surface area (Å²) in [6.07, 6.45) is -0.552. The highest BCUT2D eigenvalue weighted by atomic mass is 35.5. The molecule has 0 radical (unpaired) electrons. The number of hydrogen-bond donors (Lipinski definition) is 2. The Hall–Kier alpha value is -0.570. The second-order valence-electron chi connectivity index (χ2n) is 2.82. The molecule has 66 valence electrons. The van der Waals surface area contributed by atoms with Crippen LogP contribution in [0.4, 0.5) is 0 Å². The summed E-state index contributed by atoms with van der Waals surface area (Å²) in [4.78, 5) is 0. The summed E-state index contributed by atoms with van der Waals surface area (Å²) in [7, 11) is 0. The second-order valence-corrected chi connectivity index (χ2v) is 3.26. The number of halogens is 1. The SMILES string of the molecule is C[C@H](O)[C@H](N)c1cccc(Cl)c1. The molecule has 0 aliphatic rings. The van der Waals surface area contributed by atoms with Crippen molar-refractivity contribution >= 4 is 11.6 Å². The van der Waals surface area contributed by atoms with E-state index in [9.17, 15) is 5.11 Å². The molecule has 1 aromatic rings. The maximum atomic E-state index is 9.20. The first-order valence-corrected chi connectivity index (χ1v) is 4.18. The van der Waals surface area contributed by atoms with Crippen molar-refractivity contribution in [2.24, 2.45) is 5.73 Å². The van der Waals surface area contributed by atoms with Gasteiger partial charge in [0.25, 0.3) is 0 Å². The van der Waals surface area contributed by atoms with E-state index in [2.05, 4.69) is 0 Å². The number of aliphatic hydroxyl groups is 1. The first-order valence-electron chi connectivity index (χ1n) is 3.80. The van der Waals surface area contributed by atoms with Crippen molar-refractivity contribution in [1.82, 2.24) is 0 Å². The molecule has 0 aliphatic carbocycles. The van der Waals surface area contributed by atoms with E-state index < -0.39 is 6.10 Å². The van der Waals surface area contributed by atoms with E-state index in [1.54, 1.807) is 19.1 Å². The minimum atomic E-state index is -0.552. The molecule has 0 saturated carbocycles. The van der Waals surface area contributed by atoms with E-state index in [0.717, 1.165) is 5.56 Å². The number of nitrogens with two attached hydrogens (primary N) is 1. The molecule has 0 aromatic heterocycles. The molecule has 0 aliphatic heterocycles. The van der Waals surface area contributed by atoms with Crippen LogP contribution in [0.2, 0.25) is 5.02 Å². The Morgan fingerprint density at radius 2 is 2.17 bits per heavy atom. The molecule has 12 heavy (non-hydrogen) atoms. The fourth-order valence-corrected chi connectivity index (χ4v) is 1.19. The lowest BCUT2D eigenvalue weighted by Crippen LogP contribution is -2.22. The highest BCUT2D eigenvalue weighted by molar-refractivity contribution is 6.30. The molecular formula is C9H12ClNO. The van der Waals surface area contributed by atoms with E-state index in [0.29, 0.717) is 5.02 Å². The Kier molecular flexibility index (Phi) is 3.09. The third-order valence-corrected chi connectivity index (χ3v) is 1.99. The van der Waals surface area contributed by atoms with Gasteiger partial charge in [0, 0.05) is 5.02 Å². The summed E-state index contributed by atoms with van der Waals surface area (Å²) in [5.41, 5.74) is 6.56. The average molecular weight is 186 g/mol. The van der Waals surface area contributed by atoms with E-state index in [1.807, 2.05) is 12.1 Å². The molecule has 0 unspecified atom stereocenters. The van der Waals surface area contributed by atoms with Crippen LogP contribution >= 0.6 is 11.6 Å². The molecule has 3 N–H and O–H groups in total. The van der Waals surface area contributed by atoms with Gasteiger partial charge in [0.1, 0.15) is 0 Å². The standard InChI is InChI=1S/C9H12ClNO/c1-6(12)9(11)7-3-2-4-8(10)5-7/h2-6,9,12H,11H2,1H3/t6-,9-/m0/s1. The molecule has 0 fully saturated rings. The maximum Gasteiger partial charge on any atom is 0.0704 e. The predicted molar refractivity (Wildman–Crippen MR) is 50.1 cm³/mol. The van der Waals surface area contributed by atoms with E-state index in [-0.39, 0.29) is 6.04 Å². The molecule has 0 spiro atoms. The van der Waals surface area contributed by atoms with Crippen molar-refractivity contribution in [3.63, 3.8) is 0 Å². The highest BCUT2D eigenvalue weighted by Gasteiger charge is 2.11. The molecular weight excluding hydrogens is 174 g/mol. The van der Waals surface area contributed by atoms with Gasteiger partial charge < -0.3 is 10.8 Å². The van der Waals surface area contributed by atoms with Crippen LogP contribution in [0.3, 0.4) is 0 Å². The molecule has 2 atom stereocenters. The third-order valence-electron chi connectivity index (χ3n) is 1.75. The lowest BCUT2D eigenvalue weighted by Gasteiger charge is -2.14. The highest BCUT2D eigenvalue weighted by Crippen LogP contribution is 2.18. The fourth-order valence-electron chi connectivity index (χ4n) is 0.992. The Labute approximate surface area is 77.0 Å². The van der Waals surface area contributed by atoms with Crippen molar-refractivity contribution in [3.8, 4) is 0 Å². The Morgan fingerprint density at radius 3 is 2.67 bits per heavy atom. The zero-order valence-corrected chi connectivity index (χ0v) is 7.62. The first kappa shape index (κ1) is 9.52. The van der Waals surface area contributed by atoms with Crippen LogP contribution in [0.5, 0.6) is 0 Å². The van der Waals surface area contributed by atoms with Crippen molar-refractivity contribution in [1.29, 1.82) is 0 Å². The normalized spacial score (nSPS) is 15.7. The van der Waals surface area contributed by atoms with Crippen LogP contribution in [0.25, 0.3) is 0 Å². The molecule has 0 bridgehead atoms. The quantitative estimate of drug-likeness (QED) is 0.737. The van der Waals surface area contributed by atoms with Crippen LogP contribution in [-0.2, 0) is 0 Å². The van der Waals surface area contributed by atoms with Gasteiger partial charge in [-0.1, -0.05) is 23.7 Å². The predicted octanol–water partition coefficient (Wildman–Crippen LogP) is 1.72. The number of rotatable bonds is 2. The number of benzene rings is 1. The van der Waals surface area contributed by atoms with Gasteiger partial charge in [0.05, 0.1) is 12.1 Å². The van der Waals surface area contributed by atoms with Crippen molar-refractivity contribution in [2.75, 3.05) is 0 Å². The van der Waals surface area contributed by atoms with E-state index in [4.69, 9.17) is 17.3 Å². The zero-order chi connectivity index (χ0) is 9.14. The minimum absolute atomic E-state index is 0.358. The first-order chi connectivity index (χ1) is 5.61. The lowest BCUT2D eigenvalue weighted by atomic mass is 10.0. The van der Waals surface area contributed by atoms with Gasteiger partial charge >= 0.3 is 0 Å². The van der Waals surface area contributed by atoms with Crippen LogP contribution in [-0.4, -0.2) is 11.2 Å². The van der Waals surface area contributed by atoms with Gasteiger partial charge in [-0.15, -0.1) is 0 Å². The Morgan fingerprint density at radius 1 is 1.50 bits per heavy atom. The van der Waals surface area contributed by atoms with Crippen molar-refractivity contribution < 1.29 is 5.11 Å². The van der Waals surface area contributed by atoms with Crippen LogP contribution in [0.1, 0.15) is 18.5 Å². The Bertz CT molecular complexity index is 262. The van der Waals surface area contributed by atoms with Crippen LogP contribution < -0.4 is 5.73 Å². The molecule has 1 rings (SSSR count).